The zero-order valence-corrected chi connectivity index (χ0v) is 22.9. The summed E-state index contributed by atoms with van der Waals surface area (Å²) >= 11 is 24.3. The molecule has 1 aromatic heterocycles. The fourth-order valence-corrected chi connectivity index (χ4v) is 5.61. The molecule has 3 aromatic rings. The van der Waals surface area contributed by atoms with Gasteiger partial charge in [0.25, 0.3) is 15.9 Å². The molecule has 2 N–H and O–H groups in total. The van der Waals surface area contributed by atoms with Gasteiger partial charge in [-0.05, 0) is 18.2 Å². The molecule has 0 bridgehead atoms. The Morgan fingerprint density at radius 3 is 2.00 bits per heavy atom. The maximum atomic E-state index is 11.7. The smallest absolute Gasteiger partial charge is 0.304 e. The summed E-state index contributed by atoms with van der Waals surface area (Å²) < 4.78 is 68.1. The van der Waals surface area contributed by atoms with Gasteiger partial charge in [-0.1, -0.05) is 52.5 Å². The molecule has 0 unspecified atom stereocenters. The van der Waals surface area contributed by atoms with Crippen molar-refractivity contribution in [3.63, 3.8) is 0 Å². The van der Waals surface area contributed by atoms with E-state index in [0.29, 0.717) is 11.2 Å². The molecule has 37 heavy (non-hydrogen) atoms. The Morgan fingerprint density at radius 1 is 0.865 bits per heavy atom. The van der Waals surface area contributed by atoms with Crippen molar-refractivity contribution in [3.05, 3.63) is 82.2 Å². The van der Waals surface area contributed by atoms with Gasteiger partial charge in [-0.15, -0.1) is 0 Å². The van der Waals surface area contributed by atoms with E-state index in [1.807, 2.05) is 0 Å². The third kappa shape index (κ3) is 5.71. The minimum absolute atomic E-state index is 0.0920. The van der Waals surface area contributed by atoms with Crippen LogP contribution in [0.15, 0.2) is 42.2 Å². The first-order valence-corrected chi connectivity index (χ1v) is 14.6. The Labute approximate surface area is 233 Å². The summed E-state index contributed by atoms with van der Waals surface area (Å²) in [5.41, 5.74) is 1.12. The fraction of sp³-hybridized carbons (Fsp3) is 0.0952. The molecule has 10 nitrogen and oxygen atoms in total. The number of hydrogen-bond donors (Lipinski definition) is 2. The average Bonchev–Trinajstić information content (AvgIpc) is 3.13. The van der Waals surface area contributed by atoms with E-state index in [2.05, 4.69) is 0 Å². The zero-order valence-electron chi connectivity index (χ0n) is 18.3. The number of benzene rings is 2. The molecule has 0 fully saturated rings. The first-order chi connectivity index (χ1) is 17.1. The van der Waals surface area contributed by atoms with Crippen LogP contribution < -0.4 is 14.4 Å². The second-order valence-corrected chi connectivity index (χ2v) is 12.2. The summed E-state index contributed by atoms with van der Waals surface area (Å²) in [6, 6.07) is 5.62. The molecule has 0 saturated heterocycles. The van der Waals surface area contributed by atoms with Crippen LogP contribution in [0.2, 0.25) is 20.1 Å². The molecular weight excluding hydrogens is 610 g/mol. The van der Waals surface area contributed by atoms with Crippen LogP contribution in [0.1, 0.15) is 5.82 Å². The lowest BCUT2D eigenvalue weighted by Gasteiger charge is -2.20. The molecule has 0 atom stereocenters. The van der Waals surface area contributed by atoms with Crippen LogP contribution >= 0.6 is 46.4 Å². The Morgan fingerprint density at radius 2 is 1.41 bits per heavy atom. The van der Waals surface area contributed by atoms with E-state index in [-0.39, 0.29) is 42.9 Å². The highest BCUT2D eigenvalue weighted by Gasteiger charge is 2.33. The SMILES string of the molecule is [CH]N1/C(=C\C=C\c2n(CS(=O)(=O)O)c3cc(Cl)c(Cl)cc3[n+]2[CH])N(CS(=O)(=O)O)c2cc(Cl)c(Cl)cc21. The number of anilines is 2. The van der Waals surface area contributed by atoms with Crippen LogP contribution in [0.25, 0.3) is 17.1 Å². The summed E-state index contributed by atoms with van der Waals surface area (Å²) in [6.45, 7) is 0. The van der Waals surface area contributed by atoms with Gasteiger partial charge in [0.2, 0.25) is 5.88 Å². The van der Waals surface area contributed by atoms with Gasteiger partial charge in [-0.25, -0.2) is 9.13 Å². The molecule has 0 saturated carbocycles. The van der Waals surface area contributed by atoms with Gasteiger partial charge < -0.3 is 9.80 Å². The van der Waals surface area contributed by atoms with Crippen molar-refractivity contribution >= 4 is 95.1 Å². The Kier molecular flexibility index (Phi) is 7.51. The van der Waals surface area contributed by atoms with Crippen LogP contribution in [0.4, 0.5) is 11.4 Å². The van der Waals surface area contributed by atoms with E-state index >= 15 is 0 Å². The van der Waals surface area contributed by atoms with Crippen molar-refractivity contribution in [1.82, 2.24) is 4.57 Å². The second kappa shape index (κ2) is 9.93. The first kappa shape index (κ1) is 28.0. The van der Waals surface area contributed by atoms with E-state index in [4.69, 9.17) is 60.5 Å². The fourth-order valence-electron chi connectivity index (χ4n) is 3.78. The highest BCUT2D eigenvalue weighted by molar-refractivity contribution is 7.85. The highest BCUT2D eigenvalue weighted by atomic mass is 35.5. The molecular formula is C21H15Cl4N4O6S2+. The van der Waals surface area contributed by atoms with Gasteiger partial charge in [-0.3, -0.25) is 9.11 Å². The molecule has 0 spiro atoms. The third-order valence-corrected chi connectivity index (χ3v) is 7.87. The normalized spacial score (nSPS) is 15.5. The number of fused-ring (bicyclic) bond motifs is 2. The molecule has 1 aliphatic heterocycles. The van der Waals surface area contributed by atoms with Crippen LogP contribution in [-0.2, 0) is 26.1 Å². The van der Waals surface area contributed by atoms with Crippen molar-refractivity contribution < 1.29 is 30.5 Å². The molecule has 16 heteroatoms. The monoisotopic (exact) mass is 623 g/mol. The number of nitrogens with zero attached hydrogens (tertiary/aromatic N) is 4. The van der Waals surface area contributed by atoms with Gasteiger partial charge in [0, 0.05) is 18.2 Å². The molecule has 2 heterocycles. The molecule has 4 radical (unpaired) electrons. The number of hydrogen-bond acceptors (Lipinski definition) is 6. The Bertz CT molecular complexity index is 1720. The van der Waals surface area contributed by atoms with Crippen molar-refractivity contribution in [2.75, 3.05) is 15.7 Å². The quantitative estimate of drug-likeness (QED) is 0.301. The lowest BCUT2D eigenvalue weighted by molar-refractivity contribution is -0.587. The van der Waals surface area contributed by atoms with Crippen LogP contribution in [-0.4, -0.2) is 36.4 Å². The third-order valence-electron chi connectivity index (χ3n) is 5.26. The predicted molar refractivity (Wildman–Crippen MR) is 143 cm³/mol. The molecule has 2 aromatic carbocycles. The second-order valence-electron chi connectivity index (χ2n) is 7.77. The van der Waals surface area contributed by atoms with E-state index in [1.54, 1.807) is 0 Å². The number of allylic oxidation sites excluding steroid dienone is 2. The number of aromatic nitrogens is 2. The van der Waals surface area contributed by atoms with E-state index in [9.17, 15) is 25.9 Å². The van der Waals surface area contributed by atoms with E-state index < -0.39 is 32.0 Å². The summed E-state index contributed by atoms with van der Waals surface area (Å²) in [5, 5.41) is 0.579. The Balaban J connectivity index is 1.85. The summed E-state index contributed by atoms with van der Waals surface area (Å²) in [7, 11) is 3.32. The van der Waals surface area contributed by atoms with Crippen molar-refractivity contribution in [2.45, 2.75) is 5.88 Å². The zero-order chi connectivity index (χ0) is 27.4. The van der Waals surface area contributed by atoms with Crippen LogP contribution in [0.3, 0.4) is 0 Å². The van der Waals surface area contributed by atoms with Gasteiger partial charge >= 0.3 is 10.1 Å². The van der Waals surface area contributed by atoms with Crippen molar-refractivity contribution in [3.8, 4) is 0 Å². The summed E-state index contributed by atoms with van der Waals surface area (Å²) in [6.07, 6.45) is 4.15. The number of rotatable bonds is 6. The first-order valence-electron chi connectivity index (χ1n) is 9.86. The highest BCUT2D eigenvalue weighted by Crippen LogP contribution is 2.45. The predicted octanol–water partition coefficient (Wildman–Crippen LogP) is 4.60. The lowest BCUT2D eigenvalue weighted by atomic mass is 10.2. The maximum Gasteiger partial charge on any atom is 0.304 e. The summed E-state index contributed by atoms with van der Waals surface area (Å²) in [5.74, 6) is -1.53. The maximum absolute atomic E-state index is 11.7. The minimum atomic E-state index is -4.51. The topological polar surface area (TPSA) is 124 Å². The number of halogens is 4. The van der Waals surface area contributed by atoms with Crippen molar-refractivity contribution in [2.24, 2.45) is 0 Å². The number of imidazole rings is 1. The average molecular weight is 625 g/mol. The van der Waals surface area contributed by atoms with E-state index in [1.165, 1.54) is 52.0 Å². The van der Waals surface area contributed by atoms with E-state index in [0.717, 1.165) is 9.47 Å². The minimum Gasteiger partial charge on any atom is -0.318 e. The molecule has 194 valence electrons. The standard InChI is InChI=1S/C21H15Cl4N4O6S2/c1-26-16-6-12(22)14(24)8-18(16)28(10-36(30,31)32)20(26)4-3-5-21-27(2)17-7-13(23)15(25)9-19(17)29(21)11-37(33,34)35/h1-9H,10-11H2,(H,30,31,32)(H,33,34,35)/q+1. The van der Waals surface area contributed by atoms with Gasteiger partial charge in [0.05, 0.1) is 38.5 Å². The van der Waals surface area contributed by atoms with Crippen LogP contribution in [0, 0.1) is 14.1 Å². The van der Waals surface area contributed by atoms with Crippen LogP contribution in [0.5, 0.6) is 0 Å². The molecule has 4 rings (SSSR count). The molecule has 1 aliphatic rings. The largest absolute Gasteiger partial charge is 0.318 e. The molecule has 0 amide bonds. The van der Waals surface area contributed by atoms with Gasteiger partial charge in [0.1, 0.15) is 5.82 Å². The Hall–Kier alpha value is -2.03. The van der Waals surface area contributed by atoms with Gasteiger partial charge in [0.15, 0.2) is 24.0 Å². The summed E-state index contributed by atoms with van der Waals surface area (Å²) in [4.78, 5) is 2.30. The lowest BCUT2D eigenvalue weighted by Crippen LogP contribution is -2.30. The van der Waals surface area contributed by atoms with Gasteiger partial charge in [-0.2, -0.15) is 16.8 Å². The molecule has 0 aliphatic carbocycles. The van der Waals surface area contributed by atoms with Crippen molar-refractivity contribution in [1.29, 1.82) is 0 Å².